The van der Waals surface area contributed by atoms with Crippen LogP contribution in [0.25, 0.3) is 0 Å². The Morgan fingerprint density at radius 2 is 1.89 bits per heavy atom. The molecule has 0 amide bonds. The van der Waals surface area contributed by atoms with Gasteiger partial charge in [0, 0.05) is 13.1 Å². The molecule has 0 aliphatic heterocycles. The van der Waals surface area contributed by atoms with Crippen molar-refractivity contribution in [1.29, 1.82) is 0 Å². The Hall–Kier alpha value is -0.920. The van der Waals surface area contributed by atoms with Gasteiger partial charge in [0.05, 0.1) is 7.11 Å². The van der Waals surface area contributed by atoms with Crippen LogP contribution in [-0.2, 0) is 14.8 Å². The van der Waals surface area contributed by atoms with Gasteiger partial charge < -0.3 is 4.74 Å². The molecule has 0 aliphatic carbocycles. The summed E-state index contributed by atoms with van der Waals surface area (Å²) in [6, 6.07) is 1.46. The minimum absolute atomic E-state index is 0.0475. The van der Waals surface area contributed by atoms with Crippen molar-refractivity contribution in [3.63, 3.8) is 0 Å². The molecule has 19 heavy (non-hydrogen) atoms. The minimum atomic E-state index is -3.62. The molecule has 0 bridgehead atoms. The number of nitrogens with zero attached hydrogens (tertiary/aromatic N) is 1. The first-order valence-electron chi connectivity index (χ1n) is 6.15. The number of hydrogen-bond acceptors (Lipinski definition) is 5. The van der Waals surface area contributed by atoms with Crippen LogP contribution in [0.2, 0.25) is 0 Å². The Kier molecular flexibility index (Phi) is 5.96. The van der Waals surface area contributed by atoms with Gasteiger partial charge in [0.15, 0.2) is 0 Å². The van der Waals surface area contributed by atoms with Crippen LogP contribution in [0.1, 0.15) is 36.4 Å². The molecule has 7 heteroatoms. The van der Waals surface area contributed by atoms with Gasteiger partial charge in [-0.15, -0.1) is 11.3 Å². The molecule has 108 valence electrons. The van der Waals surface area contributed by atoms with Crippen LogP contribution in [0.3, 0.4) is 0 Å². The Bertz CT molecular complexity index is 516. The maximum atomic E-state index is 12.5. The Morgan fingerprint density at radius 3 is 2.37 bits per heavy atom. The molecule has 0 unspecified atom stereocenters. The van der Waals surface area contributed by atoms with E-state index in [0.717, 1.165) is 24.2 Å². The summed E-state index contributed by atoms with van der Waals surface area (Å²) >= 11 is 1.08. The molecule has 5 nitrogen and oxygen atoms in total. The Balaban J connectivity index is 3.18. The topological polar surface area (TPSA) is 63.7 Å². The van der Waals surface area contributed by atoms with Crippen LogP contribution in [0, 0.1) is 0 Å². The third kappa shape index (κ3) is 3.55. The Morgan fingerprint density at radius 1 is 1.32 bits per heavy atom. The molecule has 0 radical (unpaired) electrons. The summed E-state index contributed by atoms with van der Waals surface area (Å²) in [5, 5.41) is 1.59. The minimum Gasteiger partial charge on any atom is -0.465 e. The molecule has 0 saturated carbocycles. The van der Waals surface area contributed by atoms with Crippen molar-refractivity contribution < 1.29 is 17.9 Å². The fourth-order valence-electron chi connectivity index (χ4n) is 1.73. The molecule has 1 aromatic heterocycles. The maximum Gasteiger partial charge on any atom is 0.349 e. The highest BCUT2D eigenvalue weighted by molar-refractivity contribution is 7.89. The van der Waals surface area contributed by atoms with E-state index in [1.807, 2.05) is 13.8 Å². The molecule has 1 rings (SSSR count). The molecular weight excluding hydrogens is 286 g/mol. The normalized spacial score (nSPS) is 11.8. The largest absolute Gasteiger partial charge is 0.465 e. The van der Waals surface area contributed by atoms with Crippen LogP contribution in [-0.4, -0.2) is 38.9 Å². The number of sulfonamides is 1. The van der Waals surface area contributed by atoms with E-state index in [1.54, 1.807) is 5.38 Å². The summed E-state index contributed by atoms with van der Waals surface area (Å²) in [5.41, 5.74) is 0. The number of rotatable bonds is 7. The molecule has 0 spiro atoms. The van der Waals surface area contributed by atoms with E-state index in [0.29, 0.717) is 13.1 Å². The van der Waals surface area contributed by atoms with Gasteiger partial charge in [-0.25, -0.2) is 13.2 Å². The molecule has 0 aliphatic rings. The number of hydrogen-bond donors (Lipinski definition) is 0. The third-order valence-electron chi connectivity index (χ3n) is 2.56. The molecule has 1 aromatic rings. The average molecular weight is 305 g/mol. The summed E-state index contributed by atoms with van der Waals surface area (Å²) in [6.45, 7) is 4.75. The van der Waals surface area contributed by atoms with E-state index < -0.39 is 16.0 Å². The lowest BCUT2D eigenvalue weighted by Gasteiger charge is -2.20. The number of thiophene rings is 1. The van der Waals surface area contributed by atoms with Gasteiger partial charge in [0.1, 0.15) is 9.77 Å². The molecular formula is C12H19NO4S2. The van der Waals surface area contributed by atoms with E-state index in [2.05, 4.69) is 4.74 Å². The van der Waals surface area contributed by atoms with E-state index >= 15 is 0 Å². The van der Waals surface area contributed by atoms with Crippen LogP contribution < -0.4 is 0 Å². The summed E-state index contributed by atoms with van der Waals surface area (Å²) < 4.78 is 31.1. The summed E-state index contributed by atoms with van der Waals surface area (Å²) in [5.74, 6) is -0.610. The molecule has 0 saturated heterocycles. The lowest BCUT2D eigenvalue weighted by Crippen LogP contribution is -2.33. The van der Waals surface area contributed by atoms with E-state index in [4.69, 9.17) is 0 Å². The quantitative estimate of drug-likeness (QED) is 0.725. The van der Waals surface area contributed by atoms with E-state index in [1.165, 1.54) is 17.5 Å². The molecule has 0 atom stereocenters. The van der Waals surface area contributed by atoms with Crippen molar-refractivity contribution in [2.75, 3.05) is 20.2 Å². The SMILES string of the molecule is CCCN(CCC)S(=O)(=O)c1ccsc1C(=O)OC. The van der Waals surface area contributed by atoms with Gasteiger partial charge in [-0.1, -0.05) is 13.8 Å². The highest BCUT2D eigenvalue weighted by Crippen LogP contribution is 2.26. The number of ether oxygens (including phenoxy) is 1. The first kappa shape index (κ1) is 16.1. The summed E-state index contributed by atoms with van der Waals surface area (Å²) in [6.07, 6.45) is 1.47. The smallest absolute Gasteiger partial charge is 0.349 e. The highest BCUT2D eigenvalue weighted by atomic mass is 32.2. The molecule has 0 N–H and O–H groups in total. The monoisotopic (exact) mass is 305 g/mol. The number of carbonyl (C=O) groups is 1. The van der Waals surface area contributed by atoms with Crippen LogP contribution >= 0.6 is 11.3 Å². The highest BCUT2D eigenvalue weighted by Gasteiger charge is 2.29. The molecule has 0 aromatic carbocycles. The van der Waals surface area contributed by atoms with Gasteiger partial charge in [0.25, 0.3) is 0 Å². The van der Waals surface area contributed by atoms with Gasteiger partial charge >= 0.3 is 5.97 Å². The van der Waals surface area contributed by atoms with Crippen LogP contribution in [0.5, 0.6) is 0 Å². The average Bonchev–Trinajstić information content (AvgIpc) is 2.87. The van der Waals surface area contributed by atoms with Crippen molar-refractivity contribution in [2.45, 2.75) is 31.6 Å². The van der Waals surface area contributed by atoms with Gasteiger partial charge in [0.2, 0.25) is 10.0 Å². The van der Waals surface area contributed by atoms with Gasteiger partial charge in [-0.05, 0) is 24.3 Å². The second-order valence-electron chi connectivity index (χ2n) is 4.01. The first-order valence-corrected chi connectivity index (χ1v) is 8.46. The number of esters is 1. The zero-order valence-corrected chi connectivity index (χ0v) is 13.0. The van der Waals surface area contributed by atoms with E-state index in [9.17, 15) is 13.2 Å². The zero-order chi connectivity index (χ0) is 14.5. The second-order valence-corrected chi connectivity index (χ2v) is 6.83. The van der Waals surface area contributed by atoms with Crippen molar-refractivity contribution in [3.8, 4) is 0 Å². The summed E-state index contributed by atoms with van der Waals surface area (Å²) in [4.78, 5) is 11.8. The van der Waals surface area contributed by atoms with Gasteiger partial charge in [-0.3, -0.25) is 0 Å². The molecule has 1 heterocycles. The zero-order valence-electron chi connectivity index (χ0n) is 11.4. The predicted octanol–water partition coefficient (Wildman–Crippen LogP) is 2.35. The number of methoxy groups -OCH3 is 1. The number of carbonyl (C=O) groups excluding carboxylic acids is 1. The lowest BCUT2D eigenvalue weighted by molar-refractivity contribution is 0.0602. The fraction of sp³-hybridized carbons (Fsp3) is 0.583. The third-order valence-corrected chi connectivity index (χ3v) is 5.53. The van der Waals surface area contributed by atoms with Crippen molar-refractivity contribution in [1.82, 2.24) is 4.31 Å². The van der Waals surface area contributed by atoms with Crippen molar-refractivity contribution >= 4 is 27.3 Å². The lowest BCUT2D eigenvalue weighted by atomic mass is 10.4. The van der Waals surface area contributed by atoms with Crippen molar-refractivity contribution in [2.24, 2.45) is 0 Å². The first-order chi connectivity index (χ1) is 8.98. The van der Waals surface area contributed by atoms with Crippen LogP contribution in [0.4, 0.5) is 0 Å². The molecule has 0 fully saturated rings. The standard InChI is InChI=1S/C12H19NO4S2/c1-4-7-13(8-5-2)19(15,16)10-6-9-18-11(10)12(14)17-3/h6,9H,4-5,7-8H2,1-3H3. The van der Waals surface area contributed by atoms with Crippen molar-refractivity contribution in [3.05, 3.63) is 16.3 Å². The fourth-order valence-corrected chi connectivity index (χ4v) is 4.66. The van der Waals surface area contributed by atoms with E-state index in [-0.39, 0.29) is 9.77 Å². The summed E-state index contributed by atoms with van der Waals surface area (Å²) in [7, 11) is -2.38. The maximum absolute atomic E-state index is 12.5. The van der Waals surface area contributed by atoms with Crippen LogP contribution in [0.15, 0.2) is 16.3 Å². The Labute approximate surface area is 118 Å². The van der Waals surface area contributed by atoms with Gasteiger partial charge in [-0.2, -0.15) is 4.31 Å². The second kappa shape index (κ2) is 7.02. The predicted molar refractivity (Wildman–Crippen MR) is 75.0 cm³/mol.